The second kappa shape index (κ2) is 6.77. The lowest BCUT2D eigenvalue weighted by molar-refractivity contribution is -0.116. The maximum atomic E-state index is 11.9. The minimum absolute atomic E-state index is 0.0590. The van der Waals surface area contributed by atoms with E-state index >= 15 is 0 Å². The fourth-order valence-electron chi connectivity index (χ4n) is 1.81. The zero-order chi connectivity index (χ0) is 14.5. The number of anilines is 2. The van der Waals surface area contributed by atoms with Crippen LogP contribution >= 0.6 is 27.5 Å². The molecule has 2 rings (SSSR count). The van der Waals surface area contributed by atoms with E-state index in [0.29, 0.717) is 29.2 Å². The Bertz CT molecular complexity index is 631. The Morgan fingerprint density at radius 3 is 2.70 bits per heavy atom. The Balaban J connectivity index is 1.94. The lowest BCUT2D eigenvalue weighted by Gasteiger charge is -2.08. The number of para-hydroxylation sites is 1. The van der Waals surface area contributed by atoms with Crippen LogP contribution in [0.5, 0.6) is 0 Å². The topological polar surface area (TPSA) is 55.1 Å². The highest BCUT2D eigenvalue weighted by atomic mass is 79.9. The molecule has 2 aromatic rings. The molecule has 0 fully saturated rings. The number of halogens is 2. The van der Waals surface area contributed by atoms with Crippen molar-refractivity contribution in [2.75, 3.05) is 11.1 Å². The van der Waals surface area contributed by atoms with Gasteiger partial charge in [0.2, 0.25) is 5.91 Å². The highest BCUT2D eigenvalue weighted by Crippen LogP contribution is 2.26. The molecule has 0 saturated heterocycles. The zero-order valence-corrected chi connectivity index (χ0v) is 13.0. The van der Waals surface area contributed by atoms with Gasteiger partial charge in [0, 0.05) is 21.6 Å². The minimum Gasteiger partial charge on any atom is -0.399 e. The number of nitrogen functional groups attached to an aromatic ring is 1. The van der Waals surface area contributed by atoms with Crippen molar-refractivity contribution in [3.8, 4) is 0 Å². The zero-order valence-electron chi connectivity index (χ0n) is 10.7. The second-order valence-electron chi connectivity index (χ2n) is 4.37. The molecule has 0 aliphatic heterocycles. The van der Waals surface area contributed by atoms with E-state index in [1.807, 2.05) is 24.3 Å². The summed E-state index contributed by atoms with van der Waals surface area (Å²) in [6, 6.07) is 12.8. The van der Waals surface area contributed by atoms with Gasteiger partial charge < -0.3 is 11.1 Å². The van der Waals surface area contributed by atoms with Crippen LogP contribution in [0.25, 0.3) is 0 Å². The third-order valence-corrected chi connectivity index (χ3v) is 3.77. The number of benzene rings is 2. The first-order valence-corrected chi connectivity index (χ1v) is 7.31. The summed E-state index contributed by atoms with van der Waals surface area (Å²) in [6.07, 6.45) is 0.993. The summed E-state index contributed by atoms with van der Waals surface area (Å²) >= 11 is 9.22. The molecule has 2 aromatic carbocycles. The number of nitrogens with two attached hydrogens (primary N) is 1. The van der Waals surface area contributed by atoms with Crippen molar-refractivity contribution in [3.05, 3.63) is 57.5 Å². The molecule has 0 aliphatic rings. The van der Waals surface area contributed by atoms with Crippen LogP contribution in [0, 0.1) is 0 Å². The first kappa shape index (κ1) is 14.9. The van der Waals surface area contributed by atoms with Crippen LogP contribution in [0.15, 0.2) is 46.9 Å². The van der Waals surface area contributed by atoms with Gasteiger partial charge in [-0.3, -0.25) is 4.79 Å². The van der Waals surface area contributed by atoms with Crippen molar-refractivity contribution in [3.63, 3.8) is 0 Å². The van der Waals surface area contributed by atoms with E-state index in [2.05, 4.69) is 21.2 Å². The number of amides is 1. The van der Waals surface area contributed by atoms with Gasteiger partial charge in [-0.1, -0.05) is 29.8 Å². The fourth-order valence-corrected chi connectivity index (χ4v) is 2.60. The van der Waals surface area contributed by atoms with Crippen molar-refractivity contribution >= 4 is 44.8 Å². The standard InChI is InChI=1S/C15H14BrClN2O/c16-12-9-11(17)6-7-14(12)19-15(20)8-5-10-3-1-2-4-13(10)18/h1-4,6-7,9H,5,8,18H2,(H,19,20). The summed E-state index contributed by atoms with van der Waals surface area (Å²) in [7, 11) is 0. The smallest absolute Gasteiger partial charge is 0.224 e. The van der Waals surface area contributed by atoms with Gasteiger partial charge >= 0.3 is 0 Å². The van der Waals surface area contributed by atoms with Gasteiger partial charge in [-0.05, 0) is 52.2 Å². The van der Waals surface area contributed by atoms with Crippen LogP contribution in [0.3, 0.4) is 0 Å². The Morgan fingerprint density at radius 2 is 2.00 bits per heavy atom. The van der Waals surface area contributed by atoms with Crippen LogP contribution in [-0.2, 0) is 11.2 Å². The van der Waals surface area contributed by atoms with E-state index in [0.717, 1.165) is 10.0 Å². The largest absolute Gasteiger partial charge is 0.399 e. The van der Waals surface area contributed by atoms with E-state index in [1.165, 1.54) is 0 Å². The summed E-state index contributed by atoms with van der Waals surface area (Å²) in [6.45, 7) is 0. The molecule has 0 saturated carbocycles. The molecule has 0 heterocycles. The Labute approximate surface area is 131 Å². The van der Waals surface area contributed by atoms with Gasteiger partial charge in [0.1, 0.15) is 0 Å². The molecule has 3 N–H and O–H groups in total. The molecule has 0 unspecified atom stereocenters. The number of aryl methyl sites for hydroxylation is 1. The molecule has 0 aromatic heterocycles. The van der Waals surface area contributed by atoms with Gasteiger partial charge in [-0.2, -0.15) is 0 Å². The van der Waals surface area contributed by atoms with Crippen molar-refractivity contribution in [2.24, 2.45) is 0 Å². The quantitative estimate of drug-likeness (QED) is 0.807. The van der Waals surface area contributed by atoms with Gasteiger partial charge in [0.05, 0.1) is 5.69 Å². The van der Waals surface area contributed by atoms with E-state index in [1.54, 1.807) is 18.2 Å². The summed E-state index contributed by atoms with van der Waals surface area (Å²) in [5.74, 6) is -0.0590. The molecular formula is C15H14BrClN2O. The summed E-state index contributed by atoms with van der Waals surface area (Å²) in [5.41, 5.74) is 8.25. The summed E-state index contributed by atoms with van der Waals surface area (Å²) < 4.78 is 0.762. The molecule has 0 aliphatic carbocycles. The number of nitrogens with one attached hydrogen (secondary N) is 1. The van der Waals surface area contributed by atoms with Crippen molar-refractivity contribution in [1.82, 2.24) is 0 Å². The average Bonchev–Trinajstić information content (AvgIpc) is 2.41. The minimum atomic E-state index is -0.0590. The van der Waals surface area contributed by atoms with Crippen LogP contribution < -0.4 is 11.1 Å². The predicted molar refractivity (Wildman–Crippen MR) is 87.0 cm³/mol. The van der Waals surface area contributed by atoms with Gasteiger partial charge in [-0.15, -0.1) is 0 Å². The number of rotatable bonds is 4. The van der Waals surface area contributed by atoms with Crippen LogP contribution in [0.1, 0.15) is 12.0 Å². The molecule has 5 heteroatoms. The second-order valence-corrected chi connectivity index (χ2v) is 5.66. The maximum Gasteiger partial charge on any atom is 0.224 e. The highest BCUT2D eigenvalue weighted by Gasteiger charge is 2.07. The van der Waals surface area contributed by atoms with E-state index in [-0.39, 0.29) is 5.91 Å². The normalized spacial score (nSPS) is 10.3. The SMILES string of the molecule is Nc1ccccc1CCC(=O)Nc1ccc(Cl)cc1Br. The number of hydrogen-bond donors (Lipinski definition) is 2. The summed E-state index contributed by atoms with van der Waals surface area (Å²) in [4.78, 5) is 11.9. The van der Waals surface area contributed by atoms with Crippen LogP contribution in [-0.4, -0.2) is 5.91 Å². The number of hydrogen-bond acceptors (Lipinski definition) is 2. The molecule has 104 valence electrons. The van der Waals surface area contributed by atoms with Crippen molar-refractivity contribution in [2.45, 2.75) is 12.8 Å². The number of carbonyl (C=O) groups excluding carboxylic acids is 1. The Morgan fingerprint density at radius 1 is 1.25 bits per heavy atom. The highest BCUT2D eigenvalue weighted by molar-refractivity contribution is 9.10. The third kappa shape index (κ3) is 3.99. The molecule has 0 spiro atoms. The Hall–Kier alpha value is -1.52. The summed E-state index contributed by atoms with van der Waals surface area (Å²) in [5, 5.41) is 3.46. The van der Waals surface area contributed by atoms with E-state index in [9.17, 15) is 4.79 Å². The first-order valence-electron chi connectivity index (χ1n) is 6.14. The monoisotopic (exact) mass is 352 g/mol. The lowest BCUT2D eigenvalue weighted by atomic mass is 10.1. The maximum absolute atomic E-state index is 11.9. The third-order valence-electron chi connectivity index (χ3n) is 2.88. The van der Waals surface area contributed by atoms with Crippen LogP contribution in [0.4, 0.5) is 11.4 Å². The lowest BCUT2D eigenvalue weighted by Crippen LogP contribution is -2.13. The predicted octanol–water partition coefficient (Wildman–Crippen LogP) is 4.26. The molecular weight excluding hydrogens is 340 g/mol. The Kier molecular flexibility index (Phi) is 5.04. The first-order chi connectivity index (χ1) is 9.56. The van der Waals surface area contributed by atoms with Gasteiger partial charge in [-0.25, -0.2) is 0 Å². The van der Waals surface area contributed by atoms with Crippen molar-refractivity contribution < 1.29 is 4.79 Å². The fraction of sp³-hybridized carbons (Fsp3) is 0.133. The number of carbonyl (C=O) groups is 1. The van der Waals surface area contributed by atoms with Gasteiger partial charge in [0.15, 0.2) is 0 Å². The molecule has 3 nitrogen and oxygen atoms in total. The molecule has 20 heavy (non-hydrogen) atoms. The van der Waals surface area contributed by atoms with Crippen molar-refractivity contribution in [1.29, 1.82) is 0 Å². The van der Waals surface area contributed by atoms with Crippen LogP contribution in [0.2, 0.25) is 5.02 Å². The average molecular weight is 354 g/mol. The van der Waals surface area contributed by atoms with Gasteiger partial charge in [0.25, 0.3) is 0 Å². The molecule has 0 radical (unpaired) electrons. The molecule has 0 bridgehead atoms. The van der Waals surface area contributed by atoms with E-state index in [4.69, 9.17) is 17.3 Å². The molecule has 1 amide bonds. The molecule has 0 atom stereocenters. The van der Waals surface area contributed by atoms with E-state index < -0.39 is 0 Å².